The summed E-state index contributed by atoms with van der Waals surface area (Å²) in [5, 5.41) is 17.8. The third kappa shape index (κ3) is 2.99. The highest BCUT2D eigenvalue weighted by Crippen LogP contribution is 2.25. The molecule has 0 atom stereocenters. The van der Waals surface area contributed by atoms with Gasteiger partial charge in [0, 0.05) is 13.1 Å². The molecule has 0 aliphatic carbocycles. The molecule has 0 aromatic heterocycles. The van der Waals surface area contributed by atoms with E-state index < -0.39 is 10.0 Å². The zero-order valence-electron chi connectivity index (χ0n) is 10.2. The molecule has 18 heavy (non-hydrogen) atoms. The molecule has 1 rings (SSSR count). The average Bonchev–Trinajstić information content (AvgIpc) is 2.28. The molecular formula is C11H18N2O4S. The molecule has 0 radical (unpaired) electrons. The molecule has 1 aromatic rings. The van der Waals surface area contributed by atoms with Crippen LogP contribution in [0.3, 0.4) is 0 Å². The van der Waals surface area contributed by atoms with Gasteiger partial charge in [-0.05, 0) is 18.6 Å². The molecule has 0 aliphatic rings. The van der Waals surface area contributed by atoms with E-state index in [0.717, 1.165) is 4.31 Å². The van der Waals surface area contributed by atoms with Crippen molar-refractivity contribution in [2.24, 2.45) is 0 Å². The van der Waals surface area contributed by atoms with Crippen LogP contribution in [0.15, 0.2) is 23.1 Å². The Balaban J connectivity index is 3.26. The molecule has 0 fully saturated rings. The Morgan fingerprint density at radius 2 is 1.78 bits per heavy atom. The van der Waals surface area contributed by atoms with Crippen molar-refractivity contribution in [3.63, 3.8) is 0 Å². The Morgan fingerprint density at radius 3 is 2.22 bits per heavy atom. The van der Waals surface area contributed by atoms with Gasteiger partial charge in [0.15, 0.2) is 0 Å². The molecule has 6 nitrogen and oxygen atoms in total. The zero-order valence-corrected chi connectivity index (χ0v) is 11.0. The minimum Gasteiger partial charge on any atom is -0.398 e. The van der Waals surface area contributed by atoms with Crippen molar-refractivity contribution in [1.29, 1.82) is 0 Å². The Bertz CT molecular complexity index is 476. The van der Waals surface area contributed by atoms with Crippen molar-refractivity contribution in [2.45, 2.75) is 11.8 Å². The monoisotopic (exact) mass is 274 g/mol. The van der Waals surface area contributed by atoms with Gasteiger partial charge in [0.1, 0.15) is 4.90 Å². The van der Waals surface area contributed by atoms with E-state index in [2.05, 4.69) is 0 Å². The van der Waals surface area contributed by atoms with Gasteiger partial charge >= 0.3 is 0 Å². The van der Waals surface area contributed by atoms with Crippen LogP contribution in [0, 0.1) is 6.92 Å². The number of aliphatic hydroxyl groups is 2. The molecular weight excluding hydrogens is 256 g/mol. The molecule has 4 N–H and O–H groups in total. The fourth-order valence-electron chi connectivity index (χ4n) is 1.73. The lowest BCUT2D eigenvalue weighted by molar-refractivity contribution is 0.217. The number of aliphatic hydroxyl groups excluding tert-OH is 2. The van der Waals surface area contributed by atoms with Gasteiger partial charge in [-0.1, -0.05) is 12.1 Å². The summed E-state index contributed by atoms with van der Waals surface area (Å²) in [6.07, 6.45) is 0. The second-order valence-electron chi connectivity index (χ2n) is 3.84. The van der Waals surface area contributed by atoms with E-state index in [0.29, 0.717) is 5.56 Å². The highest BCUT2D eigenvalue weighted by atomic mass is 32.2. The maximum absolute atomic E-state index is 12.4. The van der Waals surface area contributed by atoms with Gasteiger partial charge in [0.25, 0.3) is 0 Å². The molecule has 0 saturated carbocycles. The smallest absolute Gasteiger partial charge is 0.245 e. The molecule has 0 saturated heterocycles. The van der Waals surface area contributed by atoms with Crippen LogP contribution in [-0.4, -0.2) is 49.2 Å². The number of nitrogen functional groups attached to an aromatic ring is 1. The van der Waals surface area contributed by atoms with Crippen LogP contribution in [0.1, 0.15) is 5.56 Å². The van der Waals surface area contributed by atoms with E-state index in [1.165, 1.54) is 6.07 Å². The number of hydrogen-bond donors (Lipinski definition) is 3. The van der Waals surface area contributed by atoms with Gasteiger partial charge in [-0.2, -0.15) is 4.31 Å². The molecule has 0 spiro atoms. The topological polar surface area (TPSA) is 104 Å². The first-order valence-electron chi connectivity index (χ1n) is 5.52. The van der Waals surface area contributed by atoms with Crippen molar-refractivity contribution in [1.82, 2.24) is 4.31 Å². The molecule has 7 heteroatoms. The average molecular weight is 274 g/mol. The van der Waals surface area contributed by atoms with Gasteiger partial charge in [-0.25, -0.2) is 8.42 Å². The first-order valence-corrected chi connectivity index (χ1v) is 6.96. The maximum Gasteiger partial charge on any atom is 0.245 e. The summed E-state index contributed by atoms with van der Waals surface area (Å²) in [6.45, 7) is 0.878. The van der Waals surface area contributed by atoms with E-state index in [1.807, 2.05) is 0 Å². The molecule has 0 bridgehead atoms. The van der Waals surface area contributed by atoms with Crippen LogP contribution in [0.2, 0.25) is 0 Å². The summed E-state index contributed by atoms with van der Waals surface area (Å²) in [5.41, 5.74) is 6.41. The SMILES string of the molecule is Cc1cccc(N)c1S(=O)(=O)N(CCO)CCO. The second kappa shape index (κ2) is 6.14. The number of benzene rings is 1. The van der Waals surface area contributed by atoms with Crippen LogP contribution < -0.4 is 5.73 Å². The third-order valence-electron chi connectivity index (χ3n) is 2.54. The predicted molar refractivity (Wildman–Crippen MR) is 68.5 cm³/mol. The largest absolute Gasteiger partial charge is 0.398 e. The van der Waals surface area contributed by atoms with Crippen LogP contribution in [-0.2, 0) is 10.0 Å². The predicted octanol–water partition coefficient (Wildman–Crippen LogP) is -0.447. The molecule has 0 amide bonds. The number of aryl methyl sites for hydroxylation is 1. The highest BCUT2D eigenvalue weighted by Gasteiger charge is 2.27. The minimum absolute atomic E-state index is 0.0342. The summed E-state index contributed by atoms with van der Waals surface area (Å²) >= 11 is 0. The number of hydrogen-bond acceptors (Lipinski definition) is 5. The first-order chi connectivity index (χ1) is 8.45. The zero-order chi connectivity index (χ0) is 13.8. The number of rotatable bonds is 6. The Hall–Kier alpha value is -1.15. The molecule has 1 aromatic carbocycles. The van der Waals surface area contributed by atoms with E-state index in [9.17, 15) is 8.42 Å². The Morgan fingerprint density at radius 1 is 1.22 bits per heavy atom. The Labute approximate surface area is 107 Å². The lowest BCUT2D eigenvalue weighted by Gasteiger charge is -2.22. The fraction of sp³-hybridized carbons (Fsp3) is 0.455. The van der Waals surface area contributed by atoms with Crippen molar-refractivity contribution in [3.05, 3.63) is 23.8 Å². The number of nitrogens with zero attached hydrogens (tertiary/aromatic N) is 1. The lowest BCUT2D eigenvalue weighted by atomic mass is 10.2. The van der Waals surface area contributed by atoms with Crippen molar-refractivity contribution < 1.29 is 18.6 Å². The summed E-state index contributed by atoms with van der Waals surface area (Å²) in [6, 6.07) is 4.83. The quantitative estimate of drug-likeness (QED) is 0.610. The third-order valence-corrected chi connectivity index (χ3v) is 4.66. The van der Waals surface area contributed by atoms with Gasteiger partial charge < -0.3 is 15.9 Å². The minimum atomic E-state index is -3.80. The van der Waals surface area contributed by atoms with Crippen molar-refractivity contribution in [2.75, 3.05) is 32.0 Å². The molecule has 0 unspecified atom stereocenters. The van der Waals surface area contributed by atoms with Crippen molar-refractivity contribution in [3.8, 4) is 0 Å². The van der Waals surface area contributed by atoms with Crippen LogP contribution in [0.4, 0.5) is 5.69 Å². The van der Waals surface area contributed by atoms with Crippen molar-refractivity contribution >= 4 is 15.7 Å². The summed E-state index contributed by atoms with van der Waals surface area (Å²) < 4.78 is 25.8. The van der Waals surface area contributed by atoms with Crippen LogP contribution in [0.5, 0.6) is 0 Å². The van der Waals surface area contributed by atoms with Crippen LogP contribution in [0.25, 0.3) is 0 Å². The number of sulfonamides is 1. The standard InChI is InChI=1S/C11H18N2O4S/c1-9-3-2-4-10(12)11(9)18(16,17)13(5-7-14)6-8-15/h2-4,14-15H,5-8,12H2,1H3. The first kappa shape index (κ1) is 14.9. The van der Waals surface area contributed by atoms with E-state index in [1.54, 1.807) is 19.1 Å². The van der Waals surface area contributed by atoms with Gasteiger partial charge in [-0.3, -0.25) is 0 Å². The normalized spacial score (nSPS) is 12.0. The molecule has 102 valence electrons. The fourth-order valence-corrected chi connectivity index (χ4v) is 3.47. The summed E-state index contributed by atoms with van der Waals surface area (Å²) in [5.74, 6) is 0. The van der Waals surface area contributed by atoms with Crippen LogP contribution >= 0.6 is 0 Å². The highest BCUT2D eigenvalue weighted by molar-refractivity contribution is 7.89. The van der Waals surface area contributed by atoms with E-state index in [-0.39, 0.29) is 36.9 Å². The van der Waals surface area contributed by atoms with Gasteiger partial charge in [-0.15, -0.1) is 0 Å². The van der Waals surface area contributed by atoms with E-state index in [4.69, 9.17) is 15.9 Å². The number of anilines is 1. The summed E-state index contributed by atoms with van der Waals surface area (Å²) in [7, 11) is -3.80. The summed E-state index contributed by atoms with van der Waals surface area (Å²) in [4.78, 5) is 0.0342. The number of nitrogens with two attached hydrogens (primary N) is 1. The lowest BCUT2D eigenvalue weighted by Crippen LogP contribution is -2.36. The second-order valence-corrected chi connectivity index (χ2v) is 5.72. The van der Waals surface area contributed by atoms with E-state index >= 15 is 0 Å². The Kier molecular flexibility index (Phi) is 5.09. The maximum atomic E-state index is 12.4. The molecule has 0 heterocycles. The van der Waals surface area contributed by atoms with Gasteiger partial charge in [0.2, 0.25) is 10.0 Å². The molecule has 0 aliphatic heterocycles. The van der Waals surface area contributed by atoms with Gasteiger partial charge in [0.05, 0.1) is 18.9 Å².